The van der Waals surface area contributed by atoms with Gasteiger partial charge in [0.2, 0.25) is 0 Å². The quantitative estimate of drug-likeness (QED) is 0.411. The second-order valence-electron chi connectivity index (χ2n) is 5.49. The van der Waals surface area contributed by atoms with Gasteiger partial charge in [-0.3, -0.25) is 10.2 Å². The van der Waals surface area contributed by atoms with Crippen molar-refractivity contribution in [1.82, 2.24) is 5.43 Å². The fraction of sp³-hybridized carbons (Fsp3) is 0.150. The summed E-state index contributed by atoms with van der Waals surface area (Å²) in [5.74, 6) is 5.91. The summed E-state index contributed by atoms with van der Waals surface area (Å²) >= 11 is 0. The minimum Gasteiger partial charge on any atom is -0.490 e. The zero-order valence-electron chi connectivity index (χ0n) is 14.0. The standard InChI is InChI=1S/C20H20N2O3/c1-2-24-19-12-15(20(23)22-21)10-11-18(19)25-13-16-8-5-7-14-6-3-4-9-17(14)16/h3-12H,2,13,21H2,1H3,(H,22,23). The van der Waals surface area contributed by atoms with Crippen molar-refractivity contribution in [3.8, 4) is 11.5 Å². The highest BCUT2D eigenvalue weighted by atomic mass is 16.5. The Bertz CT molecular complexity index is 888. The molecule has 0 radical (unpaired) electrons. The number of nitrogens with two attached hydrogens (primary N) is 1. The zero-order chi connectivity index (χ0) is 17.6. The van der Waals surface area contributed by atoms with Gasteiger partial charge in [-0.2, -0.15) is 0 Å². The maximum atomic E-state index is 11.7. The Kier molecular flexibility index (Phi) is 5.16. The summed E-state index contributed by atoms with van der Waals surface area (Å²) in [6, 6.07) is 19.3. The molecule has 0 bridgehead atoms. The number of benzene rings is 3. The maximum Gasteiger partial charge on any atom is 0.265 e. The topological polar surface area (TPSA) is 73.6 Å². The Morgan fingerprint density at radius 1 is 1.00 bits per heavy atom. The van der Waals surface area contributed by atoms with E-state index in [0.717, 1.165) is 10.9 Å². The van der Waals surface area contributed by atoms with E-state index >= 15 is 0 Å². The molecule has 0 saturated carbocycles. The van der Waals surface area contributed by atoms with Crippen molar-refractivity contribution in [2.75, 3.05) is 6.61 Å². The third kappa shape index (κ3) is 3.72. The summed E-state index contributed by atoms with van der Waals surface area (Å²) in [6.45, 7) is 2.76. The molecule has 0 heterocycles. The number of amides is 1. The van der Waals surface area contributed by atoms with Crippen LogP contribution in [-0.2, 0) is 6.61 Å². The molecule has 25 heavy (non-hydrogen) atoms. The Morgan fingerprint density at radius 3 is 2.60 bits per heavy atom. The number of nitrogens with one attached hydrogen (secondary N) is 1. The van der Waals surface area contributed by atoms with Gasteiger partial charge < -0.3 is 9.47 Å². The molecule has 3 aromatic rings. The van der Waals surface area contributed by atoms with Crippen LogP contribution in [0.5, 0.6) is 11.5 Å². The van der Waals surface area contributed by atoms with E-state index in [4.69, 9.17) is 15.3 Å². The Hall–Kier alpha value is -3.05. The number of rotatable bonds is 6. The van der Waals surface area contributed by atoms with E-state index in [1.165, 1.54) is 5.39 Å². The van der Waals surface area contributed by atoms with Crippen LogP contribution < -0.4 is 20.7 Å². The lowest BCUT2D eigenvalue weighted by Crippen LogP contribution is -2.29. The van der Waals surface area contributed by atoms with Crippen LogP contribution in [0.3, 0.4) is 0 Å². The lowest BCUT2D eigenvalue weighted by molar-refractivity contribution is 0.0953. The smallest absolute Gasteiger partial charge is 0.265 e. The molecule has 0 aliphatic rings. The molecule has 0 aliphatic carbocycles. The Balaban J connectivity index is 1.85. The second kappa shape index (κ2) is 7.68. The van der Waals surface area contributed by atoms with Gasteiger partial charge in [-0.1, -0.05) is 42.5 Å². The number of fused-ring (bicyclic) bond motifs is 1. The number of nitrogen functional groups attached to an aromatic ring is 1. The average Bonchev–Trinajstić information content (AvgIpc) is 2.66. The predicted molar refractivity (Wildman–Crippen MR) is 97.5 cm³/mol. The van der Waals surface area contributed by atoms with Crippen molar-refractivity contribution >= 4 is 16.7 Å². The first-order chi connectivity index (χ1) is 12.2. The fourth-order valence-electron chi connectivity index (χ4n) is 2.69. The SMILES string of the molecule is CCOc1cc(C(=O)NN)ccc1OCc1cccc2ccccc12. The van der Waals surface area contributed by atoms with Crippen LogP contribution in [0.4, 0.5) is 0 Å². The van der Waals surface area contributed by atoms with Gasteiger partial charge in [0, 0.05) is 5.56 Å². The first kappa shape index (κ1) is 16.8. The molecule has 5 heteroatoms. The van der Waals surface area contributed by atoms with Gasteiger partial charge in [0.05, 0.1) is 6.61 Å². The number of hydrogen-bond acceptors (Lipinski definition) is 4. The van der Waals surface area contributed by atoms with Gasteiger partial charge in [0.1, 0.15) is 6.61 Å². The zero-order valence-corrected chi connectivity index (χ0v) is 14.0. The lowest BCUT2D eigenvalue weighted by atomic mass is 10.1. The molecule has 5 nitrogen and oxygen atoms in total. The molecule has 3 rings (SSSR count). The molecule has 128 valence electrons. The number of hydrogen-bond donors (Lipinski definition) is 2. The molecular weight excluding hydrogens is 316 g/mol. The van der Waals surface area contributed by atoms with Gasteiger partial charge in [0.15, 0.2) is 11.5 Å². The molecule has 3 aromatic carbocycles. The van der Waals surface area contributed by atoms with Crippen molar-refractivity contribution in [1.29, 1.82) is 0 Å². The molecule has 0 saturated heterocycles. The molecule has 0 spiro atoms. The summed E-state index contributed by atoms with van der Waals surface area (Å²) in [6.07, 6.45) is 0. The summed E-state index contributed by atoms with van der Waals surface area (Å²) in [4.78, 5) is 11.7. The van der Waals surface area contributed by atoms with Gasteiger partial charge >= 0.3 is 0 Å². The van der Waals surface area contributed by atoms with Gasteiger partial charge in [0.25, 0.3) is 5.91 Å². The highest BCUT2D eigenvalue weighted by molar-refractivity contribution is 5.94. The van der Waals surface area contributed by atoms with Gasteiger partial charge in [-0.25, -0.2) is 5.84 Å². The molecule has 0 aromatic heterocycles. The van der Waals surface area contributed by atoms with Gasteiger partial charge in [-0.15, -0.1) is 0 Å². The molecule has 3 N–H and O–H groups in total. The monoisotopic (exact) mass is 336 g/mol. The van der Waals surface area contributed by atoms with Crippen LogP contribution in [0.2, 0.25) is 0 Å². The summed E-state index contributed by atoms with van der Waals surface area (Å²) in [5.41, 5.74) is 3.62. The third-order valence-electron chi connectivity index (χ3n) is 3.90. The van der Waals surface area contributed by atoms with Crippen molar-refractivity contribution in [2.45, 2.75) is 13.5 Å². The largest absolute Gasteiger partial charge is 0.490 e. The molecule has 0 unspecified atom stereocenters. The first-order valence-electron chi connectivity index (χ1n) is 8.10. The van der Waals surface area contributed by atoms with E-state index in [-0.39, 0.29) is 5.91 Å². The number of carbonyl (C=O) groups excluding carboxylic acids is 1. The van der Waals surface area contributed by atoms with Crippen LogP contribution in [0, 0.1) is 0 Å². The molecule has 0 atom stereocenters. The van der Waals surface area contributed by atoms with Crippen molar-refractivity contribution in [3.05, 3.63) is 71.8 Å². The Labute approximate surface area is 146 Å². The summed E-state index contributed by atoms with van der Waals surface area (Å²) in [5, 5.41) is 2.32. The lowest BCUT2D eigenvalue weighted by Gasteiger charge is -2.14. The minimum atomic E-state index is -0.374. The van der Waals surface area contributed by atoms with Crippen LogP contribution in [0.25, 0.3) is 10.8 Å². The van der Waals surface area contributed by atoms with E-state index < -0.39 is 0 Å². The summed E-state index contributed by atoms with van der Waals surface area (Å²) < 4.78 is 11.6. The van der Waals surface area contributed by atoms with E-state index in [1.807, 2.05) is 31.2 Å². The number of ether oxygens (including phenoxy) is 2. The van der Waals surface area contributed by atoms with Crippen LogP contribution in [0.1, 0.15) is 22.8 Å². The van der Waals surface area contributed by atoms with E-state index in [0.29, 0.717) is 30.3 Å². The molecule has 1 amide bonds. The molecule has 0 aliphatic heterocycles. The first-order valence-corrected chi connectivity index (χ1v) is 8.10. The van der Waals surface area contributed by atoms with Crippen LogP contribution in [-0.4, -0.2) is 12.5 Å². The van der Waals surface area contributed by atoms with E-state index in [9.17, 15) is 4.79 Å². The number of hydrazine groups is 1. The van der Waals surface area contributed by atoms with Crippen LogP contribution in [0.15, 0.2) is 60.7 Å². The average molecular weight is 336 g/mol. The van der Waals surface area contributed by atoms with Crippen molar-refractivity contribution < 1.29 is 14.3 Å². The fourth-order valence-corrected chi connectivity index (χ4v) is 2.69. The summed E-state index contributed by atoms with van der Waals surface area (Å²) in [7, 11) is 0. The third-order valence-corrected chi connectivity index (χ3v) is 3.90. The van der Waals surface area contributed by atoms with E-state index in [1.54, 1.807) is 18.2 Å². The predicted octanol–water partition coefficient (Wildman–Crippen LogP) is 3.42. The van der Waals surface area contributed by atoms with Gasteiger partial charge in [-0.05, 0) is 41.5 Å². The van der Waals surface area contributed by atoms with Crippen molar-refractivity contribution in [2.24, 2.45) is 5.84 Å². The second-order valence-corrected chi connectivity index (χ2v) is 5.49. The molecule has 0 fully saturated rings. The highest BCUT2D eigenvalue weighted by Crippen LogP contribution is 2.30. The Morgan fingerprint density at radius 2 is 1.80 bits per heavy atom. The van der Waals surface area contributed by atoms with Crippen LogP contribution >= 0.6 is 0 Å². The maximum absolute atomic E-state index is 11.7. The highest BCUT2D eigenvalue weighted by Gasteiger charge is 2.11. The molecular formula is C20H20N2O3. The van der Waals surface area contributed by atoms with E-state index in [2.05, 4.69) is 23.6 Å². The normalized spacial score (nSPS) is 10.5. The number of carbonyl (C=O) groups is 1. The van der Waals surface area contributed by atoms with Crippen molar-refractivity contribution in [3.63, 3.8) is 0 Å². The minimum absolute atomic E-state index is 0.374.